The molecule has 4 rings (SSSR count). The van der Waals surface area contributed by atoms with E-state index in [1.165, 1.54) is 24.0 Å². The molecule has 1 atom stereocenters. The summed E-state index contributed by atoms with van der Waals surface area (Å²) in [5.74, 6) is 2.13. The van der Waals surface area contributed by atoms with Crippen LogP contribution in [-0.2, 0) is 13.0 Å². The Morgan fingerprint density at radius 1 is 1.22 bits per heavy atom. The van der Waals surface area contributed by atoms with Gasteiger partial charge in [-0.2, -0.15) is 0 Å². The second-order valence-electron chi connectivity index (χ2n) is 5.19. The Labute approximate surface area is 105 Å². The van der Waals surface area contributed by atoms with Crippen LogP contribution in [0.3, 0.4) is 0 Å². The minimum Gasteiger partial charge on any atom is -0.388 e. The third-order valence-electron chi connectivity index (χ3n) is 4.01. The molecule has 0 bridgehead atoms. The van der Waals surface area contributed by atoms with E-state index in [-0.39, 0.29) is 6.61 Å². The summed E-state index contributed by atoms with van der Waals surface area (Å²) in [7, 11) is 0. The standard InChI is InChI=1S/C14H15N3O/c18-8-13-15-16-14(17(13)10-5-6-10)12-7-9-3-1-2-4-11(9)12/h1-4,10,12,18H,5-8H2. The molecule has 1 aromatic heterocycles. The lowest BCUT2D eigenvalue weighted by atomic mass is 9.77. The first-order chi connectivity index (χ1) is 8.88. The highest BCUT2D eigenvalue weighted by Gasteiger charge is 2.36. The summed E-state index contributed by atoms with van der Waals surface area (Å²) in [6.07, 6.45) is 3.42. The van der Waals surface area contributed by atoms with Gasteiger partial charge in [-0.25, -0.2) is 0 Å². The minimum absolute atomic E-state index is 0.0160. The fourth-order valence-electron chi connectivity index (χ4n) is 2.90. The predicted molar refractivity (Wildman–Crippen MR) is 66.2 cm³/mol. The topological polar surface area (TPSA) is 50.9 Å². The monoisotopic (exact) mass is 241 g/mol. The molecule has 18 heavy (non-hydrogen) atoms. The molecule has 1 saturated carbocycles. The van der Waals surface area contributed by atoms with Crippen LogP contribution in [0.4, 0.5) is 0 Å². The van der Waals surface area contributed by atoms with Crippen molar-refractivity contribution in [1.29, 1.82) is 0 Å². The number of fused-ring (bicyclic) bond motifs is 1. The molecule has 4 heteroatoms. The smallest absolute Gasteiger partial charge is 0.159 e. The fraction of sp³-hybridized carbons (Fsp3) is 0.429. The summed E-state index contributed by atoms with van der Waals surface area (Å²) >= 11 is 0. The number of nitrogens with zero attached hydrogens (tertiary/aromatic N) is 3. The van der Waals surface area contributed by atoms with Crippen LogP contribution in [0.2, 0.25) is 0 Å². The molecule has 1 N–H and O–H groups in total. The Bertz CT molecular complexity index is 601. The Balaban J connectivity index is 1.77. The number of hydrogen-bond acceptors (Lipinski definition) is 3. The molecule has 92 valence electrons. The summed E-state index contributed by atoms with van der Waals surface area (Å²) in [4.78, 5) is 0. The maximum atomic E-state index is 9.35. The maximum absolute atomic E-state index is 9.35. The van der Waals surface area contributed by atoms with Gasteiger partial charge in [-0.3, -0.25) is 0 Å². The summed E-state index contributed by atoms with van der Waals surface area (Å²) in [5.41, 5.74) is 2.79. The van der Waals surface area contributed by atoms with E-state index in [0.29, 0.717) is 12.0 Å². The first kappa shape index (κ1) is 10.3. The maximum Gasteiger partial charge on any atom is 0.159 e. The van der Waals surface area contributed by atoms with Gasteiger partial charge in [0.15, 0.2) is 5.82 Å². The SMILES string of the molecule is OCc1nnc(C2Cc3ccccc32)n1C1CC1. The first-order valence-corrected chi connectivity index (χ1v) is 6.51. The van der Waals surface area contributed by atoms with E-state index in [1.54, 1.807) is 0 Å². The third kappa shape index (κ3) is 1.35. The number of aromatic nitrogens is 3. The molecule has 1 fully saturated rings. The second-order valence-corrected chi connectivity index (χ2v) is 5.19. The summed E-state index contributed by atoms with van der Waals surface area (Å²) in [5, 5.41) is 17.8. The minimum atomic E-state index is -0.0160. The van der Waals surface area contributed by atoms with Gasteiger partial charge in [-0.05, 0) is 30.4 Å². The van der Waals surface area contributed by atoms with Crippen molar-refractivity contribution in [3.05, 3.63) is 47.0 Å². The van der Waals surface area contributed by atoms with Gasteiger partial charge in [0, 0.05) is 12.0 Å². The Hall–Kier alpha value is -1.68. The van der Waals surface area contributed by atoms with Crippen molar-refractivity contribution in [2.24, 2.45) is 0 Å². The quantitative estimate of drug-likeness (QED) is 0.891. The van der Waals surface area contributed by atoms with Crippen LogP contribution in [0.5, 0.6) is 0 Å². The van der Waals surface area contributed by atoms with Gasteiger partial charge in [0.2, 0.25) is 0 Å². The second kappa shape index (κ2) is 3.65. The van der Waals surface area contributed by atoms with Gasteiger partial charge in [0.1, 0.15) is 12.4 Å². The largest absolute Gasteiger partial charge is 0.388 e. The summed E-state index contributed by atoms with van der Waals surface area (Å²) < 4.78 is 2.17. The van der Waals surface area contributed by atoms with Crippen molar-refractivity contribution < 1.29 is 5.11 Å². The zero-order valence-corrected chi connectivity index (χ0v) is 10.1. The van der Waals surface area contributed by atoms with Crippen molar-refractivity contribution in [3.8, 4) is 0 Å². The first-order valence-electron chi connectivity index (χ1n) is 6.51. The van der Waals surface area contributed by atoms with E-state index in [1.807, 2.05) is 0 Å². The molecule has 2 aliphatic carbocycles. The highest BCUT2D eigenvalue weighted by molar-refractivity contribution is 5.44. The molecular weight excluding hydrogens is 226 g/mol. The number of benzene rings is 1. The van der Waals surface area contributed by atoms with E-state index in [9.17, 15) is 5.11 Å². The average Bonchev–Trinajstić information content (AvgIpc) is 3.12. The molecule has 0 radical (unpaired) electrons. The van der Waals surface area contributed by atoms with E-state index < -0.39 is 0 Å². The molecular formula is C14H15N3O. The van der Waals surface area contributed by atoms with E-state index >= 15 is 0 Å². The summed E-state index contributed by atoms with van der Waals surface area (Å²) in [6, 6.07) is 9.03. The molecule has 4 nitrogen and oxygen atoms in total. The van der Waals surface area contributed by atoms with Crippen LogP contribution in [0.25, 0.3) is 0 Å². The number of aliphatic hydroxyl groups is 1. The van der Waals surface area contributed by atoms with Crippen molar-refractivity contribution >= 4 is 0 Å². The highest BCUT2D eigenvalue weighted by Crippen LogP contribution is 2.44. The lowest BCUT2D eigenvalue weighted by Gasteiger charge is -2.29. The van der Waals surface area contributed by atoms with E-state index in [0.717, 1.165) is 18.1 Å². The van der Waals surface area contributed by atoms with Gasteiger partial charge in [0.05, 0.1) is 0 Å². The molecule has 0 spiro atoms. The Kier molecular flexibility index (Phi) is 2.08. The van der Waals surface area contributed by atoms with Gasteiger partial charge in [0.25, 0.3) is 0 Å². The fourth-order valence-corrected chi connectivity index (χ4v) is 2.90. The Morgan fingerprint density at radius 3 is 2.78 bits per heavy atom. The van der Waals surface area contributed by atoms with E-state index in [4.69, 9.17) is 0 Å². The van der Waals surface area contributed by atoms with Crippen LogP contribution in [0.1, 0.15) is 47.6 Å². The van der Waals surface area contributed by atoms with E-state index in [2.05, 4.69) is 39.0 Å². The number of rotatable bonds is 3. The van der Waals surface area contributed by atoms with Crippen LogP contribution in [0, 0.1) is 0 Å². The molecule has 1 aromatic carbocycles. The zero-order chi connectivity index (χ0) is 12.1. The van der Waals surface area contributed by atoms with Crippen molar-refractivity contribution in [1.82, 2.24) is 14.8 Å². The molecule has 0 saturated heterocycles. The molecule has 0 aliphatic heterocycles. The number of hydrogen-bond donors (Lipinski definition) is 1. The number of aliphatic hydroxyl groups excluding tert-OH is 1. The van der Waals surface area contributed by atoms with Crippen LogP contribution >= 0.6 is 0 Å². The molecule has 1 unspecified atom stereocenters. The van der Waals surface area contributed by atoms with Crippen molar-refractivity contribution in [2.75, 3.05) is 0 Å². The summed E-state index contributed by atoms with van der Waals surface area (Å²) in [6.45, 7) is -0.0160. The third-order valence-corrected chi connectivity index (χ3v) is 4.01. The van der Waals surface area contributed by atoms with Gasteiger partial charge in [-0.1, -0.05) is 24.3 Å². The van der Waals surface area contributed by atoms with Crippen LogP contribution < -0.4 is 0 Å². The van der Waals surface area contributed by atoms with Gasteiger partial charge >= 0.3 is 0 Å². The van der Waals surface area contributed by atoms with Gasteiger partial charge < -0.3 is 9.67 Å². The van der Waals surface area contributed by atoms with Crippen LogP contribution in [0.15, 0.2) is 24.3 Å². The van der Waals surface area contributed by atoms with Crippen molar-refractivity contribution in [3.63, 3.8) is 0 Å². The van der Waals surface area contributed by atoms with Crippen molar-refractivity contribution in [2.45, 2.75) is 37.8 Å². The van der Waals surface area contributed by atoms with Gasteiger partial charge in [-0.15, -0.1) is 10.2 Å². The molecule has 1 heterocycles. The normalized spacial score (nSPS) is 21.5. The zero-order valence-electron chi connectivity index (χ0n) is 10.1. The lowest BCUT2D eigenvalue weighted by molar-refractivity contribution is 0.264. The molecule has 2 aromatic rings. The molecule has 2 aliphatic rings. The van der Waals surface area contributed by atoms with Crippen LogP contribution in [-0.4, -0.2) is 19.9 Å². The predicted octanol–water partition coefficient (Wildman–Crippen LogP) is 1.79. The Morgan fingerprint density at radius 2 is 2.06 bits per heavy atom. The molecule has 0 amide bonds. The average molecular weight is 241 g/mol. The lowest BCUT2D eigenvalue weighted by Crippen LogP contribution is -2.22. The highest BCUT2D eigenvalue weighted by atomic mass is 16.3.